The Morgan fingerprint density at radius 3 is 2.57 bits per heavy atom. The third-order valence-electron chi connectivity index (χ3n) is 2.41. The Morgan fingerprint density at radius 2 is 2.21 bits per heavy atom. The molecule has 0 aromatic carbocycles. The molecule has 78 valence electrons. The van der Waals surface area contributed by atoms with Crippen LogP contribution in [0.15, 0.2) is 5.51 Å². The van der Waals surface area contributed by atoms with E-state index in [1.165, 1.54) is 11.3 Å². The number of halogens is 2. The molecule has 14 heavy (non-hydrogen) atoms. The monoisotopic (exact) mass is 271 g/mol. The van der Waals surface area contributed by atoms with E-state index in [0.29, 0.717) is 29.3 Å². The lowest BCUT2D eigenvalue weighted by atomic mass is 10.2. The molecular weight excluding hydrogens is 265 g/mol. The molecule has 1 aliphatic carbocycles. The molecule has 1 saturated carbocycles. The van der Waals surface area contributed by atoms with E-state index in [2.05, 4.69) is 4.98 Å². The van der Waals surface area contributed by atoms with Gasteiger partial charge in [-0.15, -0.1) is 11.3 Å². The molecule has 3 nitrogen and oxygen atoms in total. The first-order valence-corrected chi connectivity index (χ1v) is 7.53. The zero-order chi connectivity index (χ0) is 10.4. The quantitative estimate of drug-likeness (QED) is 0.794. The molecule has 1 fully saturated rings. The van der Waals surface area contributed by atoms with Gasteiger partial charge in [-0.05, 0) is 12.8 Å². The van der Waals surface area contributed by atoms with Gasteiger partial charge >= 0.3 is 0 Å². The summed E-state index contributed by atoms with van der Waals surface area (Å²) in [4.78, 5) is 4.02. The molecule has 7 heteroatoms. The Balaban J connectivity index is 2.25. The summed E-state index contributed by atoms with van der Waals surface area (Å²) >= 11 is 7.14. The van der Waals surface area contributed by atoms with Crippen LogP contribution in [0, 0.1) is 0 Å². The first-order chi connectivity index (χ1) is 6.45. The van der Waals surface area contributed by atoms with E-state index < -0.39 is 13.8 Å². The summed E-state index contributed by atoms with van der Waals surface area (Å²) in [6, 6.07) is 0. The number of rotatable bonds is 3. The van der Waals surface area contributed by atoms with E-state index in [1.807, 2.05) is 0 Å². The van der Waals surface area contributed by atoms with Crippen LogP contribution in [0.5, 0.6) is 0 Å². The number of aromatic nitrogens is 1. The fraction of sp³-hybridized carbons (Fsp3) is 0.571. The molecule has 0 saturated heterocycles. The van der Waals surface area contributed by atoms with Crippen molar-refractivity contribution in [2.24, 2.45) is 0 Å². The van der Waals surface area contributed by atoms with Crippen molar-refractivity contribution >= 4 is 42.7 Å². The van der Waals surface area contributed by atoms with Gasteiger partial charge in [0.2, 0.25) is 9.05 Å². The second-order valence-corrected chi connectivity index (χ2v) is 7.79. The maximum Gasteiger partial charge on any atom is 0.238 e. The summed E-state index contributed by atoms with van der Waals surface area (Å²) < 4.78 is 22.3. The van der Waals surface area contributed by atoms with Crippen LogP contribution in [-0.2, 0) is 15.5 Å². The normalized spacial score (nSPS) is 19.6. The molecule has 1 heterocycles. The van der Waals surface area contributed by atoms with Crippen molar-refractivity contribution in [1.82, 2.24) is 4.98 Å². The van der Waals surface area contributed by atoms with Crippen molar-refractivity contribution in [3.05, 3.63) is 15.5 Å². The highest BCUT2D eigenvalue weighted by atomic mass is 35.7. The average molecular weight is 272 g/mol. The van der Waals surface area contributed by atoms with Crippen molar-refractivity contribution in [3.63, 3.8) is 0 Å². The molecule has 0 radical (unpaired) electrons. The lowest BCUT2D eigenvalue weighted by Gasteiger charge is -2.08. The Kier molecular flexibility index (Phi) is 2.54. The van der Waals surface area contributed by atoms with Gasteiger partial charge in [0.15, 0.2) is 0 Å². The van der Waals surface area contributed by atoms with Gasteiger partial charge in [0, 0.05) is 17.1 Å². The van der Waals surface area contributed by atoms with Crippen molar-refractivity contribution in [2.75, 3.05) is 0 Å². The SMILES string of the molecule is O=S(=O)(Cl)C1(Cc2ncsc2Cl)CC1. The molecule has 1 aromatic rings. The van der Waals surface area contributed by atoms with Crippen LogP contribution in [0.4, 0.5) is 0 Å². The number of hydrogen-bond acceptors (Lipinski definition) is 4. The maximum absolute atomic E-state index is 11.3. The molecule has 0 atom stereocenters. The topological polar surface area (TPSA) is 47.0 Å². The van der Waals surface area contributed by atoms with Gasteiger partial charge in [-0.1, -0.05) is 11.6 Å². The number of nitrogens with zero attached hydrogens (tertiary/aromatic N) is 1. The van der Waals surface area contributed by atoms with E-state index in [-0.39, 0.29) is 0 Å². The second kappa shape index (κ2) is 3.33. The Bertz CT molecular complexity index is 450. The van der Waals surface area contributed by atoms with Gasteiger partial charge in [-0.2, -0.15) is 0 Å². The van der Waals surface area contributed by atoms with Gasteiger partial charge < -0.3 is 0 Å². The highest BCUT2D eigenvalue weighted by Gasteiger charge is 2.54. The summed E-state index contributed by atoms with van der Waals surface area (Å²) in [7, 11) is 1.86. The minimum Gasteiger partial charge on any atom is -0.248 e. The summed E-state index contributed by atoms with van der Waals surface area (Å²) in [5.74, 6) is 0. The molecule has 0 N–H and O–H groups in total. The first kappa shape index (κ1) is 10.7. The molecule has 2 rings (SSSR count). The number of hydrogen-bond donors (Lipinski definition) is 0. The van der Waals surface area contributed by atoms with Gasteiger partial charge in [-0.25, -0.2) is 13.4 Å². The minimum absolute atomic E-state index is 0.334. The third kappa shape index (κ3) is 1.78. The third-order valence-corrected chi connectivity index (χ3v) is 6.11. The maximum atomic E-state index is 11.3. The van der Waals surface area contributed by atoms with E-state index in [4.69, 9.17) is 22.3 Å². The van der Waals surface area contributed by atoms with Crippen LogP contribution in [0.25, 0.3) is 0 Å². The average Bonchev–Trinajstić information content (AvgIpc) is 2.73. The van der Waals surface area contributed by atoms with E-state index >= 15 is 0 Å². The fourth-order valence-electron chi connectivity index (χ4n) is 1.32. The molecule has 0 spiro atoms. The highest BCUT2D eigenvalue weighted by Crippen LogP contribution is 2.48. The van der Waals surface area contributed by atoms with Gasteiger partial charge in [0.1, 0.15) is 4.34 Å². The van der Waals surface area contributed by atoms with Gasteiger partial charge in [0.05, 0.1) is 16.0 Å². The summed E-state index contributed by atoms with van der Waals surface area (Å²) in [6.45, 7) is 0. The molecule has 0 unspecified atom stereocenters. The summed E-state index contributed by atoms with van der Waals surface area (Å²) in [6.07, 6.45) is 1.54. The van der Waals surface area contributed by atoms with Crippen molar-refractivity contribution in [2.45, 2.75) is 24.0 Å². The predicted octanol–water partition coefficient (Wildman–Crippen LogP) is 2.44. The summed E-state index contributed by atoms with van der Waals surface area (Å²) in [5, 5.41) is 0. The van der Waals surface area contributed by atoms with Crippen LogP contribution >= 0.6 is 33.6 Å². The zero-order valence-electron chi connectivity index (χ0n) is 7.03. The van der Waals surface area contributed by atoms with Crippen LogP contribution in [0.2, 0.25) is 4.34 Å². The molecule has 1 aliphatic rings. The van der Waals surface area contributed by atoms with Crippen LogP contribution in [-0.4, -0.2) is 18.1 Å². The van der Waals surface area contributed by atoms with E-state index in [1.54, 1.807) is 5.51 Å². The van der Waals surface area contributed by atoms with Crippen molar-refractivity contribution in [3.8, 4) is 0 Å². The molecule has 1 aromatic heterocycles. The lowest BCUT2D eigenvalue weighted by Crippen LogP contribution is -2.21. The van der Waals surface area contributed by atoms with Crippen LogP contribution < -0.4 is 0 Å². The number of thiazole rings is 1. The second-order valence-electron chi connectivity index (χ2n) is 3.37. The standard InChI is InChI=1S/C7H7Cl2NO2S2/c8-6-5(10-4-13-6)3-7(1-2-7)14(9,11)12/h4H,1-3H2. The predicted molar refractivity (Wildman–Crippen MR) is 57.6 cm³/mol. The Hall–Kier alpha value is 0.160. The zero-order valence-corrected chi connectivity index (χ0v) is 10.2. The summed E-state index contributed by atoms with van der Waals surface area (Å²) in [5.41, 5.74) is 2.24. The first-order valence-electron chi connectivity index (χ1n) is 3.97. The smallest absolute Gasteiger partial charge is 0.238 e. The van der Waals surface area contributed by atoms with E-state index in [0.717, 1.165) is 0 Å². The van der Waals surface area contributed by atoms with E-state index in [9.17, 15) is 8.42 Å². The fourth-order valence-corrected chi connectivity index (χ4v) is 3.62. The molecule has 0 bridgehead atoms. The minimum atomic E-state index is -3.51. The molecule has 0 aliphatic heterocycles. The molecular formula is C7H7Cl2NO2S2. The van der Waals surface area contributed by atoms with Gasteiger partial charge in [-0.3, -0.25) is 0 Å². The van der Waals surface area contributed by atoms with Crippen molar-refractivity contribution in [1.29, 1.82) is 0 Å². The van der Waals surface area contributed by atoms with Crippen LogP contribution in [0.3, 0.4) is 0 Å². The Labute approximate surface area is 95.5 Å². The van der Waals surface area contributed by atoms with Gasteiger partial charge in [0.25, 0.3) is 0 Å². The molecule has 0 amide bonds. The largest absolute Gasteiger partial charge is 0.248 e. The lowest BCUT2D eigenvalue weighted by molar-refractivity contribution is 0.589. The highest BCUT2D eigenvalue weighted by molar-refractivity contribution is 8.15. The Morgan fingerprint density at radius 1 is 1.57 bits per heavy atom. The van der Waals surface area contributed by atoms with Crippen molar-refractivity contribution < 1.29 is 8.42 Å². The van der Waals surface area contributed by atoms with Crippen LogP contribution in [0.1, 0.15) is 18.5 Å².